The van der Waals surface area contributed by atoms with Crippen LogP contribution in [-0.2, 0) is 4.79 Å². The number of nitrogens with one attached hydrogen (secondary N) is 1. The lowest BCUT2D eigenvalue weighted by Gasteiger charge is -2.21. The van der Waals surface area contributed by atoms with Gasteiger partial charge in [-0.05, 0) is 24.6 Å². The van der Waals surface area contributed by atoms with Crippen molar-refractivity contribution >= 4 is 34.2 Å². The summed E-state index contributed by atoms with van der Waals surface area (Å²) in [6, 6.07) is 5.79. The van der Waals surface area contributed by atoms with Crippen LogP contribution in [0.5, 0.6) is 0 Å². The van der Waals surface area contributed by atoms with E-state index in [0.717, 1.165) is 40.8 Å². The largest absolute Gasteiger partial charge is 0.490 e. The number of pyridine rings is 1. The van der Waals surface area contributed by atoms with Crippen LogP contribution >= 0.6 is 0 Å². The van der Waals surface area contributed by atoms with Crippen molar-refractivity contribution in [1.82, 2.24) is 34.7 Å². The standard InChI is InChI=1S/C21H19FN8O.C2HF3O2/c22-8-17(13-4-7-29(10-13)21-28-16-2-1-5-24-20(16)31-21)30-11-14(9-27-30)18-15-3-6-23-19(15)26-12-25-18;3-2(4,5)1(6)7/h1-3,5-6,9,11-13,17H,4,7-8,10H2,(H,23,25,26);(H,6,7)/t13-,17?;/m0./s1. The minimum Gasteiger partial charge on any atom is -0.475 e. The first-order valence-electron chi connectivity index (χ1n) is 11.4. The molecule has 11 nitrogen and oxygen atoms in total. The van der Waals surface area contributed by atoms with Gasteiger partial charge in [0.25, 0.3) is 6.01 Å². The number of rotatable bonds is 5. The van der Waals surface area contributed by atoms with Crippen molar-refractivity contribution in [3.8, 4) is 11.3 Å². The van der Waals surface area contributed by atoms with Gasteiger partial charge in [-0.1, -0.05) is 0 Å². The molecule has 6 heterocycles. The third-order valence-electron chi connectivity index (χ3n) is 6.16. The summed E-state index contributed by atoms with van der Waals surface area (Å²) in [4.78, 5) is 31.4. The molecule has 5 aromatic rings. The second kappa shape index (κ2) is 10.1. The topological polar surface area (TPSA) is 139 Å². The molecule has 1 aliphatic heterocycles. The highest BCUT2D eigenvalue weighted by Crippen LogP contribution is 2.33. The van der Waals surface area contributed by atoms with Crippen molar-refractivity contribution in [2.45, 2.75) is 18.6 Å². The molecule has 0 spiro atoms. The van der Waals surface area contributed by atoms with Crippen LogP contribution in [0.3, 0.4) is 0 Å². The van der Waals surface area contributed by atoms with E-state index in [1.165, 1.54) is 6.33 Å². The van der Waals surface area contributed by atoms with Gasteiger partial charge in [-0.25, -0.2) is 24.1 Å². The van der Waals surface area contributed by atoms with Crippen LogP contribution in [0.25, 0.3) is 33.5 Å². The third-order valence-corrected chi connectivity index (χ3v) is 6.16. The fraction of sp³-hybridized carbons (Fsp3) is 0.304. The smallest absolute Gasteiger partial charge is 0.475 e. The highest BCUT2D eigenvalue weighted by atomic mass is 19.4. The Labute approximate surface area is 211 Å². The minimum absolute atomic E-state index is 0.0819. The van der Waals surface area contributed by atoms with Crippen LogP contribution in [-0.4, -0.2) is 71.7 Å². The number of halogens is 4. The number of nitrogens with zero attached hydrogens (tertiary/aromatic N) is 7. The first-order chi connectivity index (χ1) is 18.2. The molecule has 1 aliphatic rings. The number of carbonyl (C=O) groups is 1. The van der Waals surface area contributed by atoms with Crippen LogP contribution in [0.2, 0.25) is 0 Å². The molecule has 1 unspecified atom stereocenters. The number of hydrogen-bond acceptors (Lipinski definition) is 8. The Kier molecular flexibility index (Phi) is 6.65. The zero-order chi connectivity index (χ0) is 26.9. The Balaban J connectivity index is 0.000000374. The van der Waals surface area contributed by atoms with Gasteiger partial charge in [-0.3, -0.25) is 4.68 Å². The number of carboxylic acid groups (broad SMARTS) is 1. The molecule has 0 amide bonds. The van der Waals surface area contributed by atoms with Crippen LogP contribution in [0.4, 0.5) is 23.6 Å². The number of alkyl halides is 4. The number of oxazole rings is 1. The second-order valence-electron chi connectivity index (χ2n) is 8.51. The predicted molar refractivity (Wildman–Crippen MR) is 126 cm³/mol. The van der Waals surface area contributed by atoms with E-state index in [0.29, 0.717) is 18.3 Å². The molecular formula is C23H20F4N8O3. The first-order valence-corrected chi connectivity index (χ1v) is 11.4. The van der Waals surface area contributed by atoms with E-state index in [4.69, 9.17) is 14.3 Å². The third kappa shape index (κ3) is 4.99. The maximum absolute atomic E-state index is 14.1. The number of fused-ring (bicyclic) bond motifs is 2. The average Bonchev–Trinajstić information content (AvgIpc) is 3.70. The van der Waals surface area contributed by atoms with Gasteiger partial charge >= 0.3 is 12.1 Å². The molecule has 5 aromatic heterocycles. The Morgan fingerprint density at radius 2 is 2.08 bits per heavy atom. The molecule has 198 valence electrons. The Morgan fingerprint density at radius 1 is 1.26 bits per heavy atom. The van der Waals surface area contributed by atoms with Crippen molar-refractivity contribution in [3.63, 3.8) is 0 Å². The molecule has 0 bridgehead atoms. The predicted octanol–water partition coefficient (Wildman–Crippen LogP) is 4.03. The highest BCUT2D eigenvalue weighted by molar-refractivity contribution is 5.90. The van der Waals surface area contributed by atoms with Gasteiger partial charge in [0.05, 0.1) is 17.9 Å². The number of H-pyrrole nitrogens is 1. The average molecular weight is 532 g/mol. The SMILES string of the molecule is FCC([C@H]1CCN(c2nc3cccnc3o2)C1)n1cc(-c2ncnc3[nH]ccc23)cn1.O=C(O)C(F)(F)F. The molecule has 0 aromatic carbocycles. The van der Waals surface area contributed by atoms with E-state index in [-0.39, 0.29) is 12.0 Å². The Hall–Kier alpha value is -4.56. The van der Waals surface area contributed by atoms with Gasteiger partial charge < -0.3 is 19.4 Å². The summed E-state index contributed by atoms with van der Waals surface area (Å²) < 4.78 is 53.4. The van der Waals surface area contributed by atoms with Crippen LogP contribution in [0.1, 0.15) is 12.5 Å². The molecule has 2 atom stereocenters. The van der Waals surface area contributed by atoms with E-state index < -0.39 is 18.8 Å². The lowest BCUT2D eigenvalue weighted by molar-refractivity contribution is -0.192. The van der Waals surface area contributed by atoms with Crippen molar-refractivity contribution in [1.29, 1.82) is 0 Å². The zero-order valence-electron chi connectivity index (χ0n) is 19.5. The van der Waals surface area contributed by atoms with Crippen molar-refractivity contribution in [3.05, 3.63) is 49.3 Å². The number of anilines is 1. The summed E-state index contributed by atoms with van der Waals surface area (Å²) in [5, 5.41) is 12.5. The number of aromatic nitrogens is 7. The molecule has 2 N–H and O–H groups in total. The number of carboxylic acids is 1. The monoisotopic (exact) mass is 532 g/mol. The minimum atomic E-state index is -5.08. The summed E-state index contributed by atoms with van der Waals surface area (Å²) in [5.74, 6) is -2.68. The summed E-state index contributed by atoms with van der Waals surface area (Å²) in [6.45, 7) is 0.891. The molecule has 1 fully saturated rings. The van der Waals surface area contributed by atoms with Gasteiger partial charge in [0.1, 0.15) is 24.2 Å². The summed E-state index contributed by atoms with van der Waals surface area (Å²) in [7, 11) is 0. The van der Waals surface area contributed by atoms with Crippen molar-refractivity contribution in [2.75, 3.05) is 24.7 Å². The second-order valence-corrected chi connectivity index (χ2v) is 8.51. The van der Waals surface area contributed by atoms with Gasteiger partial charge in [0, 0.05) is 48.5 Å². The van der Waals surface area contributed by atoms with Gasteiger partial charge in [-0.2, -0.15) is 23.3 Å². The summed E-state index contributed by atoms with van der Waals surface area (Å²) in [5.41, 5.74) is 3.62. The van der Waals surface area contributed by atoms with E-state index >= 15 is 0 Å². The van der Waals surface area contributed by atoms with Crippen molar-refractivity contribution in [2.24, 2.45) is 5.92 Å². The fourth-order valence-electron chi connectivity index (χ4n) is 4.33. The maximum atomic E-state index is 14.1. The fourth-order valence-corrected chi connectivity index (χ4v) is 4.33. The van der Waals surface area contributed by atoms with Gasteiger partial charge in [0.15, 0.2) is 0 Å². The molecule has 1 saturated heterocycles. The van der Waals surface area contributed by atoms with Gasteiger partial charge in [-0.15, -0.1) is 0 Å². The molecule has 0 saturated carbocycles. The molecule has 15 heteroatoms. The van der Waals surface area contributed by atoms with Crippen molar-refractivity contribution < 1.29 is 31.9 Å². The van der Waals surface area contributed by atoms with Crippen LogP contribution in [0, 0.1) is 5.92 Å². The highest BCUT2D eigenvalue weighted by Gasteiger charge is 2.38. The normalized spacial score (nSPS) is 16.5. The summed E-state index contributed by atoms with van der Waals surface area (Å²) in [6.07, 6.45) is 4.36. The maximum Gasteiger partial charge on any atom is 0.490 e. The lowest BCUT2D eigenvalue weighted by atomic mass is 10.0. The van der Waals surface area contributed by atoms with E-state index in [1.807, 2.05) is 35.5 Å². The Bertz CT molecular complexity index is 1530. The number of aliphatic carboxylic acids is 1. The number of aromatic amines is 1. The Morgan fingerprint density at radius 3 is 2.82 bits per heavy atom. The summed E-state index contributed by atoms with van der Waals surface area (Å²) >= 11 is 0. The number of hydrogen-bond donors (Lipinski definition) is 2. The molecule has 0 radical (unpaired) electrons. The first kappa shape index (κ1) is 25.1. The van der Waals surface area contributed by atoms with E-state index in [2.05, 4.69) is 30.0 Å². The molecule has 0 aliphatic carbocycles. The van der Waals surface area contributed by atoms with E-state index in [9.17, 15) is 17.6 Å². The lowest BCUT2D eigenvalue weighted by Crippen LogP contribution is -2.26. The molecule has 6 rings (SSSR count). The quantitative estimate of drug-likeness (QED) is 0.321. The van der Waals surface area contributed by atoms with Crippen LogP contribution < -0.4 is 4.90 Å². The molecule has 38 heavy (non-hydrogen) atoms. The zero-order valence-corrected chi connectivity index (χ0v) is 19.5. The van der Waals surface area contributed by atoms with Crippen LogP contribution in [0.15, 0.2) is 53.7 Å². The molecular weight excluding hydrogens is 512 g/mol. The van der Waals surface area contributed by atoms with E-state index in [1.54, 1.807) is 17.1 Å². The van der Waals surface area contributed by atoms with Gasteiger partial charge in [0.2, 0.25) is 5.71 Å².